The summed E-state index contributed by atoms with van der Waals surface area (Å²) < 4.78 is 5.16. The minimum absolute atomic E-state index is 0.0196. The van der Waals surface area contributed by atoms with Gasteiger partial charge in [0.15, 0.2) is 0 Å². The highest BCUT2D eigenvalue weighted by Gasteiger charge is 2.06. The number of amides is 1. The molecule has 3 nitrogen and oxygen atoms in total. The lowest BCUT2D eigenvalue weighted by Crippen LogP contribution is -2.23. The molecule has 2 rings (SSSR count). The largest absolute Gasteiger partial charge is 0.497 e. The van der Waals surface area contributed by atoms with Crippen molar-refractivity contribution in [2.24, 2.45) is 0 Å². The van der Waals surface area contributed by atoms with E-state index in [1.165, 1.54) is 0 Å². The van der Waals surface area contributed by atoms with Crippen LogP contribution in [0.2, 0.25) is 10.0 Å². The SMILES string of the molecule is COc1cccc(CCC(=O)NCc2ccc(Cl)cc2Cl)c1. The van der Waals surface area contributed by atoms with Gasteiger partial charge in [0, 0.05) is 23.0 Å². The molecule has 0 bridgehead atoms. The van der Waals surface area contributed by atoms with E-state index in [9.17, 15) is 4.79 Å². The molecule has 0 aliphatic heterocycles. The van der Waals surface area contributed by atoms with Crippen LogP contribution in [-0.4, -0.2) is 13.0 Å². The summed E-state index contributed by atoms with van der Waals surface area (Å²) in [6, 6.07) is 12.9. The summed E-state index contributed by atoms with van der Waals surface area (Å²) in [6.07, 6.45) is 1.08. The molecule has 2 aromatic carbocycles. The second-order valence-electron chi connectivity index (χ2n) is 4.86. The van der Waals surface area contributed by atoms with Crippen LogP contribution in [0.15, 0.2) is 42.5 Å². The number of hydrogen-bond acceptors (Lipinski definition) is 2. The van der Waals surface area contributed by atoms with Crippen LogP contribution in [0.25, 0.3) is 0 Å². The molecule has 0 radical (unpaired) electrons. The van der Waals surface area contributed by atoms with E-state index in [2.05, 4.69) is 5.32 Å². The summed E-state index contributed by atoms with van der Waals surface area (Å²) in [5.41, 5.74) is 1.92. The summed E-state index contributed by atoms with van der Waals surface area (Å²) in [4.78, 5) is 11.9. The van der Waals surface area contributed by atoms with E-state index in [0.29, 0.717) is 29.4 Å². The molecule has 1 N–H and O–H groups in total. The standard InChI is InChI=1S/C17H17Cl2NO2/c1-22-15-4-2-3-12(9-15)5-8-17(21)20-11-13-6-7-14(18)10-16(13)19/h2-4,6-7,9-10H,5,8,11H2,1H3,(H,20,21). The Kier molecular flexibility index (Phi) is 6.10. The van der Waals surface area contributed by atoms with E-state index in [4.69, 9.17) is 27.9 Å². The zero-order valence-electron chi connectivity index (χ0n) is 12.2. The minimum atomic E-state index is -0.0196. The lowest BCUT2D eigenvalue weighted by Gasteiger charge is -2.08. The normalized spacial score (nSPS) is 10.3. The fourth-order valence-electron chi connectivity index (χ4n) is 2.03. The van der Waals surface area contributed by atoms with Gasteiger partial charge in [0.25, 0.3) is 0 Å². The van der Waals surface area contributed by atoms with Crippen molar-refractivity contribution >= 4 is 29.1 Å². The Morgan fingerprint density at radius 3 is 2.73 bits per heavy atom. The maximum atomic E-state index is 11.9. The van der Waals surface area contributed by atoms with E-state index < -0.39 is 0 Å². The smallest absolute Gasteiger partial charge is 0.220 e. The van der Waals surface area contributed by atoms with Gasteiger partial charge >= 0.3 is 0 Å². The predicted octanol–water partition coefficient (Wildman–Crippen LogP) is 4.25. The predicted molar refractivity (Wildman–Crippen MR) is 89.6 cm³/mol. The monoisotopic (exact) mass is 337 g/mol. The van der Waals surface area contributed by atoms with E-state index in [0.717, 1.165) is 16.9 Å². The first-order valence-electron chi connectivity index (χ1n) is 6.92. The van der Waals surface area contributed by atoms with Crippen molar-refractivity contribution < 1.29 is 9.53 Å². The second kappa shape index (κ2) is 8.06. The zero-order valence-corrected chi connectivity index (χ0v) is 13.7. The third-order valence-corrected chi connectivity index (χ3v) is 3.85. The molecule has 0 aromatic heterocycles. The molecule has 22 heavy (non-hydrogen) atoms. The van der Waals surface area contributed by atoms with Gasteiger partial charge in [-0.15, -0.1) is 0 Å². The molecular formula is C17H17Cl2NO2. The maximum Gasteiger partial charge on any atom is 0.220 e. The Morgan fingerprint density at radius 2 is 2.00 bits per heavy atom. The quantitative estimate of drug-likeness (QED) is 0.855. The molecule has 0 unspecified atom stereocenters. The highest BCUT2D eigenvalue weighted by atomic mass is 35.5. The number of benzene rings is 2. The third kappa shape index (κ3) is 4.93. The molecule has 0 atom stereocenters. The van der Waals surface area contributed by atoms with Crippen molar-refractivity contribution in [1.29, 1.82) is 0 Å². The number of methoxy groups -OCH3 is 1. The first-order valence-corrected chi connectivity index (χ1v) is 7.67. The Hall–Kier alpha value is -1.71. The van der Waals surface area contributed by atoms with Crippen LogP contribution in [0, 0.1) is 0 Å². The number of halogens is 2. The van der Waals surface area contributed by atoms with Gasteiger partial charge in [-0.2, -0.15) is 0 Å². The third-order valence-electron chi connectivity index (χ3n) is 3.27. The van der Waals surface area contributed by atoms with E-state index in [-0.39, 0.29) is 5.91 Å². The van der Waals surface area contributed by atoms with Crippen LogP contribution >= 0.6 is 23.2 Å². The molecule has 0 heterocycles. The number of carbonyl (C=O) groups excluding carboxylic acids is 1. The molecular weight excluding hydrogens is 321 g/mol. The Morgan fingerprint density at radius 1 is 1.18 bits per heavy atom. The van der Waals surface area contributed by atoms with Gasteiger partial charge in [-0.1, -0.05) is 41.4 Å². The van der Waals surface area contributed by atoms with Gasteiger partial charge in [0.05, 0.1) is 7.11 Å². The van der Waals surface area contributed by atoms with Crippen molar-refractivity contribution in [2.45, 2.75) is 19.4 Å². The van der Waals surface area contributed by atoms with Crippen LogP contribution in [0.1, 0.15) is 17.5 Å². The summed E-state index contributed by atoms with van der Waals surface area (Å²) >= 11 is 11.9. The number of aryl methyl sites for hydroxylation is 1. The Bertz CT molecular complexity index is 659. The summed E-state index contributed by atoms with van der Waals surface area (Å²) in [5, 5.41) is 4.00. The Balaban J connectivity index is 1.82. The average Bonchev–Trinajstić information content (AvgIpc) is 2.52. The first-order chi connectivity index (χ1) is 10.6. The fourth-order valence-corrected chi connectivity index (χ4v) is 2.51. The molecule has 0 spiro atoms. The summed E-state index contributed by atoms with van der Waals surface area (Å²) in [5.74, 6) is 0.777. The van der Waals surface area contributed by atoms with Crippen molar-refractivity contribution in [3.8, 4) is 5.75 Å². The van der Waals surface area contributed by atoms with Crippen LogP contribution in [0.3, 0.4) is 0 Å². The highest BCUT2D eigenvalue weighted by Crippen LogP contribution is 2.20. The van der Waals surface area contributed by atoms with E-state index in [1.54, 1.807) is 19.2 Å². The van der Waals surface area contributed by atoms with Gasteiger partial charge in [0.1, 0.15) is 5.75 Å². The molecule has 2 aromatic rings. The average molecular weight is 338 g/mol. The van der Waals surface area contributed by atoms with Crippen molar-refractivity contribution in [3.63, 3.8) is 0 Å². The van der Waals surface area contributed by atoms with E-state index >= 15 is 0 Å². The van der Waals surface area contributed by atoms with Gasteiger partial charge in [-0.05, 0) is 41.8 Å². The summed E-state index contributed by atoms with van der Waals surface area (Å²) in [6.45, 7) is 0.396. The maximum absolute atomic E-state index is 11.9. The Labute approximate surface area is 140 Å². The lowest BCUT2D eigenvalue weighted by atomic mass is 10.1. The van der Waals surface area contributed by atoms with Crippen molar-refractivity contribution in [3.05, 3.63) is 63.6 Å². The molecule has 0 aliphatic rings. The topological polar surface area (TPSA) is 38.3 Å². The number of nitrogens with one attached hydrogen (secondary N) is 1. The lowest BCUT2D eigenvalue weighted by molar-refractivity contribution is -0.121. The van der Waals surface area contributed by atoms with Crippen LogP contribution < -0.4 is 10.1 Å². The number of ether oxygens (including phenoxy) is 1. The first kappa shape index (κ1) is 16.7. The fraction of sp³-hybridized carbons (Fsp3) is 0.235. The minimum Gasteiger partial charge on any atom is -0.497 e. The van der Waals surface area contributed by atoms with Gasteiger partial charge in [0.2, 0.25) is 5.91 Å². The molecule has 0 aliphatic carbocycles. The van der Waals surface area contributed by atoms with Crippen LogP contribution in [0.5, 0.6) is 5.75 Å². The van der Waals surface area contributed by atoms with Gasteiger partial charge in [-0.25, -0.2) is 0 Å². The number of hydrogen-bond donors (Lipinski definition) is 1. The molecule has 0 fully saturated rings. The van der Waals surface area contributed by atoms with Crippen LogP contribution in [-0.2, 0) is 17.8 Å². The highest BCUT2D eigenvalue weighted by molar-refractivity contribution is 6.35. The van der Waals surface area contributed by atoms with E-state index in [1.807, 2.05) is 30.3 Å². The zero-order chi connectivity index (χ0) is 15.9. The number of carbonyl (C=O) groups is 1. The molecule has 0 saturated carbocycles. The van der Waals surface area contributed by atoms with Crippen molar-refractivity contribution in [1.82, 2.24) is 5.32 Å². The molecule has 0 saturated heterocycles. The molecule has 116 valence electrons. The molecule has 5 heteroatoms. The van der Waals surface area contributed by atoms with Crippen molar-refractivity contribution in [2.75, 3.05) is 7.11 Å². The summed E-state index contributed by atoms with van der Waals surface area (Å²) in [7, 11) is 1.63. The van der Waals surface area contributed by atoms with Gasteiger partial charge < -0.3 is 10.1 Å². The molecule has 1 amide bonds. The van der Waals surface area contributed by atoms with Gasteiger partial charge in [-0.3, -0.25) is 4.79 Å². The van der Waals surface area contributed by atoms with Crippen LogP contribution in [0.4, 0.5) is 0 Å². The second-order valence-corrected chi connectivity index (χ2v) is 5.71. The number of rotatable bonds is 6.